The second-order valence-corrected chi connectivity index (χ2v) is 1.98. The number of aromatic amines is 1. The number of halogens is 1. The van der Waals surface area contributed by atoms with Gasteiger partial charge in [-0.3, -0.25) is 0 Å². The first-order valence-electron chi connectivity index (χ1n) is 3.36. The van der Waals surface area contributed by atoms with E-state index < -0.39 is 5.82 Å². The monoisotopic (exact) mass is 137 g/mol. The highest BCUT2D eigenvalue weighted by Gasteiger charge is 1.95. The SMILES string of the molecule is [2H]c1c[nH]c2ncc(F)cc12. The summed E-state index contributed by atoms with van der Waals surface area (Å²) < 4.78 is 19.8. The lowest BCUT2D eigenvalue weighted by molar-refractivity contribution is 0.624. The zero-order chi connectivity index (χ0) is 7.84. The van der Waals surface area contributed by atoms with E-state index in [1.54, 1.807) is 0 Å². The fourth-order valence-corrected chi connectivity index (χ4v) is 0.847. The fraction of sp³-hybridized carbons (Fsp3) is 0. The minimum absolute atomic E-state index is 0.270. The van der Waals surface area contributed by atoms with Crippen molar-refractivity contribution in [2.24, 2.45) is 0 Å². The van der Waals surface area contributed by atoms with E-state index in [4.69, 9.17) is 1.37 Å². The molecule has 2 aromatic rings. The smallest absolute Gasteiger partial charge is 0.142 e. The van der Waals surface area contributed by atoms with Crippen molar-refractivity contribution in [3.63, 3.8) is 0 Å². The molecule has 0 spiro atoms. The highest BCUT2D eigenvalue weighted by atomic mass is 19.1. The van der Waals surface area contributed by atoms with Crippen LogP contribution in [0.5, 0.6) is 0 Å². The van der Waals surface area contributed by atoms with Gasteiger partial charge in [0.2, 0.25) is 0 Å². The van der Waals surface area contributed by atoms with Crippen molar-refractivity contribution in [1.29, 1.82) is 0 Å². The lowest BCUT2D eigenvalue weighted by atomic mass is 10.3. The normalized spacial score (nSPS) is 11.9. The molecule has 2 nitrogen and oxygen atoms in total. The number of nitrogens with one attached hydrogen (secondary N) is 1. The van der Waals surface area contributed by atoms with Crippen molar-refractivity contribution in [3.05, 3.63) is 30.3 Å². The van der Waals surface area contributed by atoms with Crippen molar-refractivity contribution in [3.8, 4) is 0 Å². The maximum atomic E-state index is 12.5. The van der Waals surface area contributed by atoms with Gasteiger partial charge < -0.3 is 4.98 Å². The van der Waals surface area contributed by atoms with Gasteiger partial charge in [-0.15, -0.1) is 0 Å². The Labute approximate surface area is 58.1 Å². The van der Waals surface area contributed by atoms with E-state index in [0.29, 0.717) is 11.0 Å². The van der Waals surface area contributed by atoms with Crippen LogP contribution in [0.3, 0.4) is 0 Å². The first-order chi connectivity index (χ1) is 5.27. The molecule has 0 atom stereocenters. The Hall–Kier alpha value is -1.38. The molecule has 2 rings (SSSR count). The summed E-state index contributed by atoms with van der Waals surface area (Å²) in [6.07, 6.45) is 2.61. The summed E-state index contributed by atoms with van der Waals surface area (Å²) >= 11 is 0. The average molecular weight is 137 g/mol. The molecule has 2 heterocycles. The van der Waals surface area contributed by atoms with Crippen molar-refractivity contribution in [2.75, 3.05) is 0 Å². The van der Waals surface area contributed by atoms with E-state index in [1.165, 1.54) is 12.3 Å². The maximum absolute atomic E-state index is 12.5. The lowest BCUT2D eigenvalue weighted by Gasteiger charge is -1.86. The van der Waals surface area contributed by atoms with Crippen LogP contribution in [0.4, 0.5) is 4.39 Å². The van der Waals surface area contributed by atoms with E-state index in [0.717, 1.165) is 6.20 Å². The van der Waals surface area contributed by atoms with Crippen LogP contribution in [0, 0.1) is 5.82 Å². The second-order valence-electron chi connectivity index (χ2n) is 1.98. The Morgan fingerprint density at radius 1 is 1.70 bits per heavy atom. The minimum Gasteiger partial charge on any atom is -0.346 e. The zero-order valence-corrected chi connectivity index (χ0v) is 5.06. The molecule has 0 aliphatic rings. The number of rotatable bonds is 0. The third-order valence-corrected chi connectivity index (χ3v) is 1.29. The van der Waals surface area contributed by atoms with Crippen molar-refractivity contribution < 1.29 is 5.76 Å². The molecule has 0 aliphatic heterocycles. The maximum Gasteiger partial charge on any atom is 0.142 e. The largest absolute Gasteiger partial charge is 0.346 e. The number of hydrogen-bond acceptors (Lipinski definition) is 1. The Morgan fingerprint density at radius 3 is 3.50 bits per heavy atom. The summed E-state index contributed by atoms with van der Waals surface area (Å²) in [5.74, 6) is -0.411. The molecule has 0 bridgehead atoms. The van der Waals surface area contributed by atoms with Gasteiger partial charge in [0.1, 0.15) is 11.5 Å². The number of H-pyrrole nitrogens is 1. The van der Waals surface area contributed by atoms with E-state index >= 15 is 0 Å². The van der Waals surface area contributed by atoms with Gasteiger partial charge in [0.05, 0.1) is 7.57 Å². The van der Waals surface area contributed by atoms with E-state index in [1.807, 2.05) is 0 Å². The molecule has 50 valence electrons. The molecular weight excluding hydrogens is 131 g/mol. The Bertz CT molecular complexity index is 396. The van der Waals surface area contributed by atoms with Gasteiger partial charge in [-0.2, -0.15) is 0 Å². The first-order valence-corrected chi connectivity index (χ1v) is 2.86. The Kier molecular flexibility index (Phi) is 0.799. The van der Waals surface area contributed by atoms with Crippen LogP contribution < -0.4 is 0 Å². The summed E-state index contributed by atoms with van der Waals surface area (Å²) in [6, 6.07) is 1.56. The van der Waals surface area contributed by atoms with Crippen LogP contribution in [0.15, 0.2) is 24.5 Å². The molecule has 0 aromatic carbocycles. The molecule has 10 heavy (non-hydrogen) atoms. The van der Waals surface area contributed by atoms with Gasteiger partial charge >= 0.3 is 0 Å². The molecular formula is C7H5FN2. The molecule has 0 aliphatic carbocycles. The molecule has 1 N–H and O–H groups in total. The summed E-state index contributed by atoms with van der Waals surface area (Å²) in [5.41, 5.74) is 0.552. The highest BCUT2D eigenvalue weighted by molar-refractivity contribution is 5.74. The predicted octanol–water partition coefficient (Wildman–Crippen LogP) is 1.70. The van der Waals surface area contributed by atoms with Crippen molar-refractivity contribution >= 4 is 11.0 Å². The Balaban J connectivity index is 2.87. The molecule has 0 saturated carbocycles. The average Bonchev–Trinajstić information content (AvgIpc) is 2.33. The van der Waals surface area contributed by atoms with E-state index in [9.17, 15) is 4.39 Å². The number of pyridine rings is 1. The topological polar surface area (TPSA) is 28.7 Å². The Morgan fingerprint density at radius 2 is 2.60 bits per heavy atom. The fourth-order valence-electron chi connectivity index (χ4n) is 0.847. The number of hydrogen-bond donors (Lipinski definition) is 1. The van der Waals surface area contributed by atoms with Crippen molar-refractivity contribution in [1.82, 2.24) is 9.97 Å². The summed E-state index contributed by atoms with van der Waals surface area (Å²) in [5, 5.41) is 0.519. The quantitative estimate of drug-likeness (QED) is 0.588. The zero-order valence-electron chi connectivity index (χ0n) is 6.06. The van der Waals surface area contributed by atoms with Crippen LogP contribution in [0.1, 0.15) is 1.37 Å². The molecule has 2 aromatic heterocycles. The lowest BCUT2D eigenvalue weighted by Crippen LogP contribution is -1.77. The summed E-state index contributed by atoms with van der Waals surface area (Å²) in [4.78, 5) is 6.50. The summed E-state index contributed by atoms with van der Waals surface area (Å²) in [6.45, 7) is 0. The third-order valence-electron chi connectivity index (χ3n) is 1.29. The number of aromatic nitrogens is 2. The molecule has 0 unspecified atom stereocenters. The third kappa shape index (κ3) is 0.673. The molecule has 0 amide bonds. The minimum atomic E-state index is -0.411. The van der Waals surface area contributed by atoms with Gasteiger partial charge in [-0.25, -0.2) is 9.37 Å². The van der Waals surface area contributed by atoms with Gasteiger partial charge in [-0.05, 0) is 12.1 Å². The first kappa shape index (κ1) is 4.44. The van der Waals surface area contributed by atoms with Crippen LogP contribution >= 0.6 is 0 Å². The molecule has 0 saturated heterocycles. The van der Waals surface area contributed by atoms with E-state index in [-0.39, 0.29) is 6.04 Å². The van der Waals surface area contributed by atoms with Crippen LogP contribution in [0.2, 0.25) is 0 Å². The molecule has 3 heteroatoms. The van der Waals surface area contributed by atoms with Gasteiger partial charge in [-0.1, -0.05) is 0 Å². The van der Waals surface area contributed by atoms with Crippen molar-refractivity contribution in [2.45, 2.75) is 0 Å². The standard InChI is InChI=1S/C7H5FN2/c8-6-3-5-1-2-9-7(5)10-4-6/h1-4H,(H,9,10)/i1D. The van der Waals surface area contributed by atoms with Crippen LogP contribution in [-0.4, -0.2) is 9.97 Å². The summed E-state index contributed by atoms with van der Waals surface area (Å²) in [7, 11) is 0. The van der Waals surface area contributed by atoms with Crippen LogP contribution in [-0.2, 0) is 0 Å². The van der Waals surface area contributed by atoms with E-state index in [2.05, 4.69) is 9.97 Å². The van der Waals surface area contributed by atoms with Gasteiger partial charge in [0, 0.05) is 11.6 Å². The molecule has 0 radical (unpaired) electrons. The highest BCUT2D eigenvalue weighted by Crippen LogP contribution is 2.09. The van der Waals surface area contributed by atoms with Crippen LogP contribution in [0.25, 0.3) is 11.0 Å². The second kappa shape index (κ2) is 1.80. The van der Waals surface area contributed by atoms with Gasteiger partial charge in [0.15, 0.2) is 0 Å². The molecule has 0 fully saturated rings. The van der Waals surface area contributed by atoms with Gasteiger partial charge in [0.25, 0.3) is 0 Å². The predicted molar refractivity (Wildman–Crippen MR) is 36.1 cm³/mol. The number of fused-ring (bicyclic) bond motifs is 1. The number of nitrogens with zero attached hydrogens (tertiary/aromatic N) is 1.